The lowest BCUT2D eigenvalue weighted by atomic mass is 10.3. The molecule has 0 amide bonds. The summed E-state index contributed by atoms with van der Waals surface area (Å²) in [6.45, 7) is 4.00. The SMILES string of the molecule is NC(=NCc1ccc(Br)s1)N1CCN(c2ncccn2)CC1. The van der Waals surface area contributed by atoms with E-state index in [0.717, 1.165) is 35.9 Å². The van der Waals surface area contributed by atoms with Crippen LogP contribution in [0, 0.1) is 0 Å². The second-order valence-electron chi connectivity index (χ2n) is 4.90. The molecule has 8 heteroatoms. The van der Waals surface area contributed by atoms with Crippen molar-refractivity contribution in [1.82, 2.24) is 14.9 Å². The fourth-order valence-electron chi connectivity index (χ4n) is 2.29. The molecule has 2 aromatic rings. The van der Waals surface area contributed by atoms with Gasteiger partial charge in [0, 0.05) is 43.4 Å². The third kappa shape index (κ3) is 3.75. The van der Waals surface area contributed by atoms with E-state index in [1.54, 1.807) is 23.7 Å². The maximum atomic E-state index is 6.11. The largest absolute Gasteiger partial charge is 0.370 e. The van der Waals surface area contributed by atoms with Crippen LogP contribution in [0.2, 0.25) is 0 Å². The number of hydrogen-bond acceptors (Lipinski definition) is 5. The van der Waals surface area contributed by atoms with E-state index >= 15 is 0 Å². The van der Waals surface area contributed by atoms with E-state index in [1.165, 1.54) is 4.88 Å². The Kier molecular flexibility index (Phi) is 4.89. The van der Waals surface area contributed by atoms with Crippen molar-refractivity contribution < 1.29 is 0 Å². The van der Waals surface area contributed by atoms with Gasteiger partial charge in [-0.15, -0.1) is 11.3 Å². The number of anilines is 1. The number of rotatable bonds is 3. The van der Waals surface area contributed by atoms with E-state index in [1.807, 2.05) is 12.1 Å². The highest BCUT2D eigenvalue weighted by atomic mass is 79.9. The summed E-state index contributed by atoms with van der Waals surface area (Å²) in [6.07, 6.45) is 3.54. The standard InChI is InChI=1S/C14H17BrN6S/c15-12-3-2-11(22-12)10-19-13(16)20-6-8-21(9-7-20)14-17-4-1-5-18-14/h1-5H,6-10H2,(H2,16,19). The summed E-state index contributed by atoms with van der Waals surface area (Å²) >= 11 is 5.14. The van der Waals surface area contributed by atoms with Crippen LogP contribution in [0.4, 0.5) is 5.95 Å². The second-order valence-corrected chi connectivity index (χ2v) is 7.45. The van der Waals surface area contributed by atoms with Gasteiger partial charge in [-0.3, -0.25) is 0 Å². The van der Waals surface area contributed by atoms with Crippen molar-refractivity contribution >= 4 is 39.2 Å². The molecule has 0 saturated carbocycles. The van der Waals surface area contributed by atoms with Crippen molar-refractivity contribution in [3.8, 4) is 0 Å². The van der Waals surface area contributed by atoms with Gasteiger partial charge in [0.05, 0.1) is 10.3 Å². The molecule has 6 nitrogen and oxygen atoms in total. The molecule has 2 N–H and O–H groups in total. The molecule has 0 radical (unpaired) electrons. The maximum Gasteiger partial charge on any atom is 0.225 e. The van der Waals surface area contributed by atoms with Gasteiger partial charge in [0.25, 0.3) is 0 Å². The molecule has 116 valence electrons. The van der Waals surface area contributed by atoms with Gasteiger partial charge in [-0.1, -0.05) is 0 Å². The van der Waals surface area contributed by atoms with Gasteiger partial charge in [0.1, 0.15) is 0 Å². The molecule has 1 aliphatic heterocycles. The molecule has 22 heavy (non-hydrogen) atoms. The van der Waals surface area contributed by atoms with Gasteiger partial charge in [-0.2, -0.15) is 0 Å². The van der Waals surface area contributed by atoms with Crippen molar-refractivity contribution in [3.63, 3.8) is 0 Å². The highest BCUT2D eigenvalue weighted by Crippen LogP contribution is 2.22. The number of piperazine rings is 1. The van der Waals surface area contributed by atoms with Gasteiger partial charge in [-0.25, -0.2) is 15.0 Å². The minimum Gasteiger partial charge on any atom is -0.370 e. The normalized spacial score (nSPS) is 16.1. The lowest BCUT2D eigenvalue weighted by Gasteiger charge is -2.35. The lowest BCUT2D eigenvalue weighted by molar-refractivity contribution is 0.378. The number of guanidine groups is 1. The monoisotopic (exact) mass is 380 g/mol. The Morgan fingerprint density at radius 1 is 1.23 bits per heavy atom. The predicted molar refractivity (Wildman–Crippen MR) is 93.2 cm³/mol. The minimum atomic E-state index is 0.609. The molecule has 1 saturated heterocycles. The van der Waals surface area contributed by atoms with Crippen LogP contribution in [0.1, 0.15) is 4.88 Å². The third-order valence-electron chi connectivity index (χ3n) is 3.46. The van der Waals surface area contributed by atoms with E-state index < -0.39 is 0 Å². The summed E-state index contributed by atoms with van der Waals surface area (Å²) in [4.78, 5) is 18.5. The van der Waals surface area contributed by atoms with Gasteiger partial charge in [0.15, 0.2) is 5.96 Å². The van der Waals surface area contributed by atoms with E-state index in [-0.39, 0.29) is 0 Å². The van der Waals surface area contributed by atoms with Crippen LogP contribution in [0.25, 0.3) is 0 Å². The van der Waals surface area contributed by atoms with Crippen molar-refractivity contribution in [3.05, 3.63) is 39.3 Å². The maximum absolute atomic E-state index is 6.11. The van der Waals surface area contributed by atoms with E-state index in [9.17, 15) is 0 Å². The van der Waals surface area contributed by atoms with Crippen molar-refractivity contribution in [2.45, 2.75) is 6.54 Å². The number of thiophene rings is 1. The summed E-state index contributed by atoms with van der Waals surface area (Å²) in [6, 6.07) is 5.92. The lowest BCUT2D eigenvalue weighted by Crippen LogP contribution is -2.51. The van der Waals surface area contributed by atoms with E-state index in [0.29, 0.717) is 12.5 Å². The molecule has 0 unspecified atom stereocenters. The minimum absolute atomic E-state index is 0.609. The molecule has 0 aliphatic carbocycles. The van der Waals surface area contributed by atoms with Crippen LogP contribution in [-0.4, -0.2) is 47.0 Å². The Morgan fingerprint density at radius 2 is 1.95 bits per heavy atom. The number of nitrogens with zero attached hydrogens (tertiary/aromatic N) is 5. The molecule has 0 spiro atoms. The van der Waals surface area contributed by atoms with Gasteiger partial charge in [-0.05, 0) is 34.1 Å². The fraction of sp³-hybridized carbons (Fsp3) is 0.357. The van der Waals surface area contributed by atoms with Gasteiger partial charge >= 0.3 is 0 Å². The first-order valence-corrected chi connectivity index (χ1v) is 8.64. The van der Waals surface area contributed by atoms with Crippen molar-refractivity contribution in [1.29, 1.82) is 0 Å². The molecule has 0 aromatic carbocycles. The third-order valence-corrected chi connectivity index (χ3v) is 5.07. The number of nitrogens with two attached hydrogens (primary N) is 1. The molecule has 1 fully saturated rings. The average Bonchev–Trinajstić information content (AvgIpc) is 2.99. The molecule has 2 aromatic heterocycles. The number of aliphatic imine (C=N–C) groups is 1. The molecule has 3 heterocycles. The Hall–Kier alpha value is -1.67. The first-order valence-electron chi connectivity index (χ1n) is 7.03. The first-order chi connectivity index (χ1) is 10.7. The van der Waals surface area contributed by atoms with Gasteiger partial charge in [0.2, 0.25) is 5.95 Å². The highest BCUT2D eigenvalue weighted by Gasteiger charge is 2.19. The second kappa shape index (κ2) is 7.06. The summed E-state index contributed by atoms with van der Waals surface area (Å²) in [5.74, 6) is 1.39. The van der Waals surface area contributed by atoms with E-state index in [2.05, 4.69) is 46.8 Å². The summed E-state index contributed by atoms with van der Waals surface area (Å²) in [5, 5.41) is 0. The Bertz CT molecular complexity index is 636. The summed E-state index contributed by atoms with van der Waals surface area (Å²) < 4.78 is 1.12. The van der Waals surface area contributed by atoms with Crippen LogP contribution >= 0.6 is 27.3 Å². The van der Waals surface area contributed by atoms with Crippen LogP contribution in [-0.2, 0) is 6.54 Å². The topological polar surface area (TPSA) is 70.6 Å². The average molecular weight is 381 g/mol. The zero-order chi connectivity index (χ0) is 15.4. The Labute approximate surface area is 141 Å². The number of hydrogen-bond donors (Lipinski definition) is 1. The Balaban J connectivity index is 1.54. The zero-order valence-electron chi connectivity index (χ0n) is 12.0. The molecule has 1 aliphatic rings. The van der Waals surface area contributed by atoms with Gasteiger partial charge < -0.3 is 15.5 Å². The van der Waals surface area contributed by atoms with E-state index in [4.69, 9.17) is 5.73 Å². The van der Waals surface area contributed by atoms with Crippen LogP contribution in [0.3, 0.4) is 0 Å². The molecule has 3 rings (SSSR count). The number of halogens is 1. The zero-order valence-corrected chi connectivity index (χ0v) is 14.4. The van der Waals surface area contributed by atoms with Crippen molar-refractivity contribution in [2.24, 2.45) is 10.7 Å². The molecular formula is C14H17BrN6S. The fourth-order valence-corrected chi connectivity index (χ4v) is 3.69. The Morgan fingerprint density at radius 3 is 2.59 bits per heavy atom. The quantitative estimate of drug-likeness (QED) is 0.650. The highest BCUT2D eigenvalue weighted by molar-refractivity contribution is 9.11. The molecule has 0 atom stereocenters. The predicted octanol–water partition coefficient (Wildman–Crippen LogP) is 1.94. The first kappa shape index (κ1) is 15.2. The van der Waals surface area contributed by atoms with Crippen LogP contribution < -0.4 is 10.6 Å². The molecular weight excluding hydrogens is 364 g/mol. The van der Waals surface area contributed by atoms with Crippen LogP contribution in [0.15, 0.2) is 39.4 Å². The van der Waals surface area contributed by atoms with Crippen LogP contribution in [0.5, 0.6) is 0 Å². The summed E-state index contributed by atoms with van der Waals surface area (Å²) in [5.41, 5.74) is 6.11. The smallest absolute Gasteiger partial charge is 0.225 e. The van der Waals surface area contributed by atoms with Crippen molar-refractivity contribution in [2.75, 3.05) is 31.1 Å². The number of aromatic nitrogens is 2. The molecule has 0 bridgehead atoms. The summed E-state index contributed by atoms with van der Waals surface area (Å²) in [7, 11) is 0.